The number of sulfonamides is 1. The molecule has 1 atom stereocenters. The second-order valence-corrected chi connectivity index (χ2v) is 9.13. The van der Waals surface area contributed by atoms with Gasteiger partial charge in [-0.2, -0.15) is 0 Å². The quantitative estimate of drug-likeness (QED) is 0.672. The van der Waals surface area contributed by atoms with Crippen molar-refractivity contribution in [3.05, 3.63) is 48.2 Å². The first-order chi connectivity index (χ1) is 11.8. The molecule has 0 saturated carbocycles. The van der Waals surface area contributed by atoms with Gasteiger partial charge >= 0.3 is 0 Å². The summed E-state index contributed by atoms with van der Waals surface area (Å²) in [6.45, 7) is 0.287. The van der Waals surface area contributed by atoms with E-state index in [-0.39, 0.29) is 11.7 Å². The molecule has 3 aromatic rings. The summed E-state index contributed by atoms with van der Waals surface area (Å²) in [4.78, 5) is 4.09. The van der Waals surface area contributed by atoms with E-state index in [0.717, 1.165) is 22.3 Å². The van der Waals surface area contributed by atoms with Crippen molar-refractivity contribution in [1.29, 1.82) is 0 Å². The molecule has 7 nitrogen and oxygen atoms in total. The van der Waals surface area contributed by atoms with Crippen LogP contribution in [-0.4, -0.2) is 51.1 Å². The largest absolute Gasteiger partial charge is 0.251 e. The predicted octanol–water partition coefficient (Wildman–Crippen LogP) is 1.53. The van der Waals surface area contributed by atoms with E-state index in [4.69, 9.17) is 0 Å². The summed E-state index contributed by atoms with van der Waals surface area (Å²) < 4.78 is 37.8. The Kier molecular flexibility index (Phi) is 4.72. The lowest BCUT2D eigenvalue weighted by Crippen LogP contribution is -2.24. The lowest BCUT2D eigenvalue weighted by Gasteiger charge is -2.14. The molecule has 9 heteroatoms. The number of rotatable bonds is 5. The van der Waals surface area contributed by atoms with Gasteiger partial charge in [-0.25, -0.2) is 22.2 Å². The number of hydrogen-bond donors (Lipinski definition) is 0. The second kappa shape index (κ2) is 6.66. The Bertz CT molecular complexity index is 1060. The van der Waals surface area contributed by atoms with E-state index >= 15 is 0 Å². The maximum Gasteiger partial charge on any atom is 0.237 e. The summed E-state index contributed by atoms with van der Waals surface area (Å²) in [5, 5.41) is 4.60. The van der Waals surface area contributed by atoms with Crippen molar-refractivity contribution in [3.63, 3.8) is 0 Å². The molecule has 0 aliphatic rings. The molecule has 0 bridgehead atoms. The standard InChI is InChI=1S/C16H18N4O3S2/c1-19(25(3,22)23)11-12-5-4-6-13(9-12)15-8-7-14-10-17-16(24(2)21)18-20(14)15/h4-10H,11H2,1-3H3. The van der Waals surface area contributed by atoms with Crippen LogP contribution in [0.5, 0.6) is 0 Å². The molecule has 3 rings (SSSR count). The third kappa shape index (κ3) is 3.78. The zero-order valence-electron chi connectivity index (χ0n) is 14.1. The Morgan fingerprint density at radius 1 is 1.24 bits per heavy atom. The summed E-state index contributed by atoms with van der Waals surface area (Å²) in [5.74, 6) is 0. The molecule has 25 heavy (non-hydrogen) atoms. The minimum Gasteiger partial charge on any atom is -0.251 e. The van der Waals surface area contributed by atoms with E-state index < -0.39 is 20.8 Å². The van der Waals surface area contributed by atoms with Gasteiger partial charge in [0.15, 0.2) is 0 Å². The third-order valence-electron chi connectivity index (χ3n) is 3.83. The van der Waals surface area contributed by atoms with E-state index in [1.54, 1.807) is 17.8 Å². The lowest BCUT2D eigenvalue weighted by molar-refractivity contribution is 0.472. The van der Waals surface area contributed by atoms with Gasteiger partial charge in [-0.3, -0.25) is 4.21 Å². The van der Waals surface area contributed by atoms with Gasteiger partial charge in [0.05, 0.1) is 34.5 Å². The van der Waals surface area contributed by atoms with E-state index in [2.05, 4.69) is 10.1 Å². The summed E-state index contributed by atoms with van der Waals surface area (Å²) in [7, 11) is -2.97. The summed E-state index contributed by atoms with van der Waals surface area (Å²) >= 11 is 0. The van der Waals surface area contributed by atoms with Gasteiger partial charge in [-0.15, -0.1) is 5.10 Å². The molecule has 0 aliphatic heterocycles. The van der Waals surface area contributed by atoms with Crippen LogP contribution in [0.25, 0.3) is 16.8 Å². The van der Waals surface area contributed by atoms with Gasteiger partial charge < -0.3 is 0 Å². The highest BCUT2D eigenvalue weighted by Gasteiger charge is 2.13. The number of aromatic nitrogens is 3. The van der Waals surface area contributed by atoms with Gasteiger partial charge in [0.25, 0.3) is 0 Å². The number of nitrogens with zero attached hydrogens (tertiary/aromatic N) is 4. The van der Waals surface area contributed by atoms with Crippen LogP contribution in [0, 0.1) is 0 Å². The van der Waals surface area contributed by atoms with Crippen molar-refractivity contribution in [3.8, 4) is 11.3 Å². The first kappa shape index (κ1) is 17.7. The topological polar surface area (TPSA) is 84.6 Å². The van der Waals surface area contributed by atoms with Crippen molar-refractivity contribution in [2.45, 2.75) is 11.7 Å². The maximum atomic E-state index is 11.6. The normalized spacial score (nSPS) is 13.4. The van der Waals surface area contributed by atoms with Crippen LogP contribution in [-0.2, 0) is 27.4 Å². The minimum atomic E-state index is -3.24. The fraction of sp³-hybridized carbons (Fsp3) is 0.250. The van der Waals surface area contributed by atoms with Gasteiger partial charge in [-0.1, -0.05) is 18.2 Å². The highest BCUT2D eigenvalue weighted by molar-refractivity contribution is 7.88. The molecule has 0 N–H and O–H groups in total. The minimum absolute atomic E-state index is 0.262. The lowest BCUT2D eigenvalue weighted by atomic mass is 10.1. The monoisotopic (exact) mass is 378 g/mol. The summed E-state index contributed by atoms with van der Waals surface area (Å²) in [5.41, 5.74) is 3.38. The van der Waals surface area contributed by atoms with Crippen LogP contribution < -0.4 is 0 Å². The van der Waals surface area contributed by atoms with Crippen LogP contribution in [0.1, 0.15) is 5.56 Å². The molecule has 2 heterocycles. The highest BCUT2D eigenvalue weighted by atomic mass is 32.2. The Balaban J connectivity index is 2.02. The molecule has 1 aromatic carbocycles. The van der Waals surface area contributed by atoms with Crippen molar-refractivity contribution in [2.75, 3.05) is 19.6 Å². The van der Waals surface area contributed by atoms with Crippen LogP contribution >= 0.6 is 0 Å². The van der Waals surface area contributed by atoms with E-state index in [0.29, 0.717) is 0 Å². The third-order valence-corrected chi connectivity index (χ3v) is 5.79. The molecular weight excluding hydrogens is 360 g/mol. The van der Waals surface area contributed by atoms with Gasteiger partial charge in [0.1, 0.15) is 0 Å². The zero-order valence-corrected chi connectivity index (χ0v) is 15.7. The number of benzene rings is 1. The van der Waals surface area contributed by atoms with Crippen LogP contribution in [0.15, 0.2) is 47.8 Å². The molecule has 132 valence electrons. The fourth-order valence-corrected chi connectivity index (χ4v) is 3.22. The Morgan fingerprint density at radius 3 is 2.68 bits per heavy atom. The molecule has 0 spiro atoms. The Morgan fingerprint density at radius 2 is 2.00 bits per heavy atom. The summed E-state index contributed by atoms with van der Waals surface area (Å²) in [6.07, 6.45) is 4.35. The Labute approximate surface area is 148 Å². The smallest absolute Gasteiger partial charge is 0.237 e. The average molecular weight is 378 g/mol. The molecule has 0 radical (unpaired) electrons. The Hall–Kier alpha value is -2.10. The predicted molar refractivity (Wildman–Crippen MR) is 97.1 cm³/mol. The van der Waals surface area contributed by atoms with Crippen LogP contribution in [0.4, 0.5) is 0 Å². The van der Waals surface area contributed by atoms with Crippen molar-refractivity contribution >= 4 is 26.3 Å². The van der Waals surface area contributed by atoms with Crippen molar-refractivity contribution < 1.29 is 12.6 Å². The van der Waals surface area contributed by atoms with Gasteiger partial charge in [0.2, 0.25) is 15.2 Å². The molecule has 0 amide bonds. The highest BCUT2D eigenvalue weighted by Crippen LogP contribution is 2.23. The van der Waals surface area contributed by atoms with E-state index in [1.165, 1.54) is 16.8 Å². The molecule has 2 aromatic heterocycles. The molecule has 0 saturated heterocycles. The first-order valence-corrected chi connectivity index (χ1v) is 10.8. The average Bonchev–Trinajstić information content (AvgIpc) is 2.97. The van der Waals surface area contributed by atoms with Gasteiger partial charge in [0, 0.05) is 25.4 Å². The molecule has 0 fully saturated rings. The number of fused-ring (bicyclic) bond motifs is 1. The SMILES string of the molecule is CN(Cc1cccc(-c2ccc3cnc(S(C)=O)nn23)c1)S(C)(=O)=O. The molecular formula is C16H18N4O3S2. The first-order valence-electron chi connectivity index (χ1n) is 7.44. The fourth-order valence-electron chi connectivity index (χ4n) is 2.44. The van der Waals surface area contributed by atoms with E-state index in [1.807, 2.05) is 36.4 Å². The van der Waals surface area contributed by atoms with Gasteiger partial charge in [-0.05, 0) is 23.8 Å². The van der Waals surface area contributed by atoms with Crippen LogP contribution in [0.3, 0.4) is 0 Å². The molecule has 0 aliphatic carbocycles. The number of hydrogen-bond acceptors (Lipinski definition) is 5. The van der Waals surface area contributed by atoms with Crippen molar-refractivity contribution in [2.24, 2.45) is 0 Å². The zero-order chi connectivity index (χ0) is 18.2. The second-order valence-electron chi connectivity index (χ2n) is 5.77. The van der Waals surface area contributed by atoms with Crippen LogP contribution in [0.2, 0.25) is 0 Å². The van der Waals surface area contributed by atoms with Crippen molar-refractivity contribution in [1.82, 2.24) is 18.9 Å². The maximum absolute atomic E-state index is 11.6. The summed E-state index contributed by atoms with van der Waals surface area (Å²) in [6, 6.07) is 11.4. The van der Waals surface area contributed by atoms with E-state index in [9.17, 15) is 12.6 Å². The molecule has 1 unspecified atom stereocenters.